The zero-order valence-corrected chi connectivity index (χ0v) is 11.9. The third-order valence-electron chi connectivity index (χ3n) is 2.65. The van der Waals surface area contributed by atoms with Gasteiger partial charge in [-0.15, -0.1) is 0 Å². The number of rotatable bonds is 5. The van der Waals surface area contributed by atoms with Crippen LogP contribution in [0.2, 0.25) is 0 Å². The van der Waals surface area contributed by atoms with Crippen molar-refractivity contribution in [3.63, 3.8) is 0 Å². The first-order valence-corrected chi connectivity index (χ1v) is 7.45. The van der Waals surface area contributed by atoms with E-state index >= 15 is 0 Å². The fourth-order valence-electron chi connectivity index (χ4n) is 1.62. The Morgan fingerprint density at radius 1 is 1.33 bits per heavy atom. The zero-order chi connectivity index (χ0) is 15.5. The first kappa shape index (κ1) is 14.8. The van der Waals surface area contributed by atoms with E-state index in [1.165, 1.54) is 13.1 Å². The molecule has 8 heteroatoms. The number of carbonyl (C=O) groups is 1. The molecule has 0 atom stereocenters. The molecule has 0 radical (unpaired) electrons. The van der Waals surface area contributed by atoms with E-state index in [9.17, 15) is 13.2 Å². The Kier molecular flexibility index (Phi) is 4.08. The minimum absolute atomic E-state index is 0.0970. The Morgan fingerprint density at radius 2 is 2.00 bits per heavy atom. The molecule has 0 aliphatic carbocycles. The van der Waals surface area contributed by atoms with Gasteiger partial charge >= 0.3 is 5.97 Å². The van der Waals surface area contributed by atoms with Gasteiger partial charge < -0.3 is 5.11 Å². The first-order chi connectivity index (χ1) is 9.89. The van der Waals surface area contributed by atoms with Crippen molar-refractivity contribution in [3.8, 4) is 0 Å². The van der Waals surface area contributed by atoms with Crippen LogP contribution in [0.25, 0.3) is 6.08 Å². The third-order valence-corrected chi connectivity index (χ3v) is 3.62. The smallest absolute Gasteiger partial charge is 0.341 e. The van der Waals surface area contributed by atoms with E-state index in [2.05, 4.69) is 9.82 Å². The highest BCUT2D eigenvalue weighted by Gasteiger charge is 2.18. The molecule has 21 heavy (non-hydrogen) atoms. The lowest BCUT2D eigenvalue weighted by molar-refractivity contribution is 0.0698. The molecule has 0 saturated carbocycles. The highest BCUT2D eigenvalue weighted by molar-refractivity contribution is 7.95. The van der Waals surface area contributed by atoms with Gasteiger partial charge in [0.1, 0.15) is 5.56 Å². The summed E-state index contributed by atoms with van der Waals surface area (Å²) in [5.41, 5.74) is 0.500. The maximum Gasteiger partial charge on any atom is 0.341 e. The number of carboxylic acid groups (broad SMARTS) is 1. The molecule has 0 bridgehead atoms. The first-order valence-electron chi connectivity index (χ1n) is 5.90. The summed E-state index contributed by atoms with van der Waals surface area (Å²) < 4.78 is 27.3. The summed E-state index contributed by atoms with van der Waals surface area (Å²) >= 11 is 0. The van der Waals surface area contributed by atoms with Gasteiger partial charge in [0.15, 0.2) is 5.82 Å². The maximum atomic E-state index is 12.0. The Bertz CT molecular complexity index is 779. The van der Waals surface area contributed by atoms with Crippen molar-refractivity contribution in [1.29, 1.82) is 0 Å². The van der Waals surface area contributed by atoms with Crippen LogP contribution in [-0.2, 0) is 17.1 Å². The minimum Gasteiger partial charge on any atom is -0.477 e. The zero-order valence-electron chi connectivity index (χ0n) is 11.1. The monoisotopic (exact) mass is 307 g/mol. The summed E-state index contributed by atoms with van der Waals surface area (Å²) in [6.45, 7) is 0. The summed E-state index contributed by atoms with van der Waals surface area (Å²) in [4.78, 5) is 11.0. The summed E-state index contributed by atoms with van der Waals surface area (Å²) in [6, 6.07) is 8.88. The van der Waals surface area contributed by atoms with Crippen LogP contribution >= 0.6 is 0 Å². The van der Waals surface area contributed by atoms with Gasteiger partial charge in [0.2, 0.25) is 0 Å². The number of carboxylic acids is 1. The fraction of sp³-hybridized carbons (Fsp3) is 0.0769. The number of nitrogens with one attached hydrogen (secondary N) is 1. The van der Waals surface area contributed by atoms with Gasteiger partial charge in [-0.25, -0.2) is 13.2 Å². The Hall–Kier alpha value is -2.61. The second-order valence-electron chi connectivity index (χ2n) is 4.20. The van der Waals surface area contributed by atoms with Crippen LogP contribution in [0.5, 0.6) is 0 Å². The molecule has 2 N–H and O–H groups in total. The van der Waals surface area contributed by atoms with Crippen molar-refractivity contribution in [1.82, 2.24) is 9.78 Å². The summed E-state index contributed by atoms with van der Waals surface area (Å²) in [7, 11) is -2.39. The molecule has 2 rings (SSSR count). The van der Waals surface area contributed by atoms with Crippen LogP contribution in [0.15, 0.2) is 41.9 Å². The highest BCUT2D eigenvalue weighted by Crippen LogP contribution is 2.16. The van der Waals surface area contributed by atoms with Crippen molar-refractivity contribution < 1.29 is 18.3 Å². The van der Waals surface area contributed by atoms with Gasteiger partial charge in [-0.3, -0.25) is 9.40 Å². The number of aromatic nitrogens is 2. The number of hydrogen-bond acceptors (Lipinski definition) is 4. The summed E-state index contributed by atoms with van der Waals surface area (Å²) in [5, 5.41) is 13.7. The largest absolute Gasteiger partial charge is 0.477 e. The van der Waals surface area contributed by atoms with Gasteiger partial charge in [-0.05, 0) is 11.6 Å². The van der Waals surface area contributed by atoms with E-state index in [1.807, 2.05) is 6.07 Å². The van der Waals surface area contributed by atoms with Crippen molar-refractivity contribution >= 4 is 27.9 Å². The lowest BCUT2D eigenvalue weighted by Crippen LogP contribution is -2.14. The molecule has 0 fully saturated rings. The van der Waals surface area contributed by atoms with Crippen molar-refractivity contribution in [3.05, 3.63) is 53.1 Å². The van der Waals surface area contributed by atoms with Crippen molar-refractivity contribution in [2.24, 2.45) is 7.05 Å². The number of aromatic carboxylic acids is 1. The minimum atomic E-state index is -3.84. The highest BCUT2D eigenvalue weighted by atomic mass is 32.2. The van der Waals surface area contributed by atoms with E-state index in [4.69, 9.17) is 5.11 Å². The number of benzene rings is 1. The quantitative estimate of drug-likeness (QED) is 0.872. The maximum absolute atomic E-state index is 12.0. The van der Waals surface area contributed by atoms with Gasteiger partial charge in [0.25, 0.3) is 10.0 Å². The fourth-order valence-corrected chi connectivity index (χ4v) is 2.53. The molecule has 1 heterocycles. The molecule has 0 aliphatic rings. The lowest BCUT2D eigenvalue weighted by Gasteiger charge is -2.06. The van der Waals surface area contributed by atoms with Crippen LogP contribution in [0.3, 0.4) is 0 Å². The Morgan fingerprint density at radius 3 is 2.62 bits per heavy atom. The van der Waals surface area contributed by atoms with E-state index in [0.29, 0.717) is 5.56 Å². The average molecular weight is 307 g/mol. The summed E-state index contributed by atoms with van der Waals surface area (Å²) in [5.74, 6) is -1.35. The second-order valence-corrected chi connectivity index (χ2v) is 5.76. The number of sulfonamides is 1. The lowest BCUT2D eigenvalue weighted by atomic mass is 10.2. The van der Waals surface area contributed by atoms with Gasteiger partial charge in [-0.2, -0.15) is 5.10 Å². The van der Waals surface area contributed by atoms with Gasteiger partial charge in [0, 0.05) is 7.05 Å². The molecule has 1 aromatic heterocycles. The number of nitrogens with zero attached hydrogens (tertiary/aromatic N) is 2. The van der Waals surface area contributed by atoms with E-state index in [-0.39, 0.29) is 11.4 Å². The van der Waals surface area contributed by atoms with Crippen LogP contribution in [0.4, 0.5) is 5.82 Å². The third kappa shape index (κ3) is 3.69. The molecule has 0 unspecified atom stereocenters. The molecular formula is C13H13N3O4S. The molecular weight excluding hydrogens is 294 g/mol. The van der Waals surface area contributed by atoms with Gasteiger partial charge in [-0.1, -0.05) is 30.3 Å². The Labute approximate surface area is 121 Å². The number of hydrogen-bond donors (Lipinski definition) is 2. The van der Waals surface area contributed by atoms with E-state index < -0.39 is 16.0 Å². The average Bonchev–Trinajstić information content (AvgIpc) is 2.79. The van der Waals surface area contributed by atoms with Crippen LogP contribution in [0, 0.1) is 0 Å². The Balaban J connectivity index is 2.24. The molecule has 0 spiro atoms. The molecule has 0 saturated heterocycles. The van der Waals surface area contributed by atoms with Crippen LogP contribution < -0.4 is 4.72 Å². The molecule has 2 aromatic rings. The number of anilines is 1. The molecule has 110 valence electrons. The summed E-state index contributed by atoms with van der Waals surface area (Å²) in [6.07, 6.45) is 2.50. The molecule has 0 amide bonds. The second kappa shape index (κ2) is 5.80. The standard InChI is InChI=1S/C13H13N3O4S/c1-16-12(11(9-14-16)13(17)18)15-21(19,20)8-7-10-5-3-2-4-6-10/h2-9,15H,1H3,(H,17,18)/b8-7+. The molecule has 7 nitrogen and oxygen atoms in total. The SMILES string of the molecule is Cn1ncc(C(=O)O)c1NS(=O)(=O)/C=C/c1ccccc1. The van der Waals surface area contributed by atoms with E-state index in [1.54, 1.807) is 24.3 Å². The topological polar surface area (TPSA) is 101 Å². The number of aryl methyl sites for hydroxylation is 1. The molecule has 0 aliphatic heterocycles. The van der Waals surface area contributed by atoms with Crippen LogP contribution in [0.1, 0.15) is 15.9 Å². The van der Waals surface area contributed by atoms with Gasteiger partial charge in [0.05, 0.1) is 11.6 Å². The van der Waals surface area contributed by atoms with Crippen LogP contribution in [-0.4, -0.2) is 29.3 Å². The van der Waals surface area contributed by atoms with Crippen molar-refractivity contribution in [2.45, 2.75) is 0 Å². The normalized spacial score (nSPS) is 11.7. The van der Waals surface area contributed by atoms with E-state index in [0.717, 1.165) is 16.3 Å². The van der Waals surface area contributed by atoms with Crippen molar-refractivity contribution in [2.75, 3.05) is 4.72 Å². The molecule has 1 aromatic carbocycles. The predicted molar refractivity (Wildman–Crippen MR) is 78.2 cm³/mol. The predicted octanol–water partition coefficient (Wildman–Crippen LogP) is 1.53.